The SMILES string of the molecule is CNc1ncc(C#Cc2cnn(C)c2)c2cc(NC(=O)[C@@H]3C[C@@H]3CF)nnc12. The van der Waals surface area contributed by atoms with Crippen molar-refractivity contribution in [3.63, 3.8) is 0 Å². The molecule has 8 nitrogen and oxygen atoms in total. The Kier molecular flexibility index (Phi) is 4.61. The van der Waals surface area contributed by atoms with Crippen molar-refractivity contribution in [3.05, 3.63) is 35.8 Å². The van der Waals surface area contributed by atoms with Gasteiger partial charge >= 0.3 is 0 Å². The fourth-order valence-corrected chi connectivity index (χ4v) is 2.96. The summed E-state index contributed by atoms with van der Waals surface area (Å²) in [4.78, 5) is 16.5. The molecular formula is C19H18FN7O. The van der Waals surface area contributed by atoms with E-state index < -0.39 is 6.67 Å². The number of carbonyl (C=O) groups excluding carboxylic acids is 1. The fraction of sp³-hybridized carbons (Fsp3) is 0.316. The van der Waals surface area contributed by atoms with Gasteiger partial charge in [0.15, 0.2) is 11.6 Å². The van der Waals surface area contributed by atoms with E-state index in [2.05, 4.69) is 42.8 Å². The quantitative estimate of drug-likeness (QED) is 0.670. The van der Waals surface area contributed by atoms with Gasteiger partial charge in [-0.15, -0.1) is 10.2 Å². The highest BCUT2D eigenvalue weighted by Crippen LogP contribution is 2.39. The van der Waals surface area contributed by atoms with Gasteiger partial charge in [0.1, 0.15) is 5.52 Å². The van der Waals surface area contributed by atoms with Crippen LogP contribution in [-0.4, -0.2) is 44.6 Å². The van der Waals surface area contributed by atoms with Crippen LogP contribution in [0.15, 0.2) is 24.7 Å². The molecule has 0 unspecified atom stereocenters. The molecule has 0 radical (unpaired) electrons. The Morgan fingerprint density at radius 1 is 1.36 bits per heavy atom. The van der Waals surface area contributed by atoms with Gasteiger partial charge in [-0.1, -0.05) is 11.8 Å². The second-order valence-corrected chi connectivity index (χ2v) is 6.66. The van der Waals surface area contributed by atoms with E-state index in [0.29, 0.717) is 34.5 Å². The molecule has 0 aliphatic heterocycles. The summed E-state index contributed by atoms with van der Waals surface area (Å²) in [6, 6.07) is 1.71. The Balaban J connectivity index is 1.69. The number of pyridine rings is 1. The van der Waals surface area contributed by atoms with Crippen LogP contribution in [0.3, 0.4) is 0 Å². The van der Waals surface area contributed by atoms with Gasteiger partial charge in [-0.05, 0) is 18.4 Å². The summed E-state index contributed by atoms with van der Waals surface area (Å²) in [5.74, 6) is 6.27. The van der Waals surface area contributed by atoms with E-state index in [9.17, 15) is 9.18 Å². The molecule has 0 bridgehead atoms. The topological polar surface area (TPSA) is 97.6 Å². The molecule has 1 fully saturated rings. The Morgan fingerprint density at radius 2 is 2.21 bits per heavy atom. The summed E-state index contributed by atoms with van der Waals surface area (Å²) in [6.45, 7) is -0.479. The van der Waals surface area contributed by atoms with Gasteiger partial charge in [-0.2, -0.15) is 5.10 Å². The van der Waals surface area contributed by atoms with E-state index in [0.717, 1.165) is 5.56 Å². The number of hydrogen-bond donors (Lipinski definition) is 2. The molecule has 1 amide bonds. The van der Waals surface area contributed by atoms with Crippen molar-refractivity contribution in [1.29, 1.82) is 0 Å². The van der Waals surface area contributed by atoms with Gasteiger partial charge in [-0.3, -0.25) is 13.9 Å². The van der Waals surface area contributed by atoms with E-state index >= 15 is 0 Å². The van der Waals surface area contributed by atoms with Gasteiger partial charge in [0.05, 0.1) is 24.0 Å². The summed E-state index contributed by atoms with van der Waals surface area (Å²) in [5, 5.41) is 18.8. The van der Waals surface area contributed by atoms with Crippen molar-refractivity contribution in [2.75, 3.05) is 24.4 Å². The molecule has 3 aromatic heterocycles. The zero-order chi connectivity index (χ0) is 19.7. The lowest BCUT2D eigenvalue weighted by molar-refractivity contribution is -0.117. The van der Waals surface area contributed by atoms with Crippen LogP contribution in [0.5, 0.6) is 0 Å². The van der Waals surface area contributed by atoms with Crippen LogP contribution >= 0.6 is 0 Å². The highest BCUT2D eigenvalue weighted by Gasteiger charge is 2.43. The van der Waals surface area contributed by atoms with Crippen molar-refractivity contribution >= 4 is 28.4 Å². The summed E-state index contributed by atoms with van der Waals surface area (Å²) in [5.41, 5.74) is 1.97. The molecule has 0 saturated heterocycles. The van der Waals surface area contributed by atoms with Crippen LogP contribution in [0.2, 0.25) is 0 Å². The van der Waals surface area contributed by atoms with Crippen LogP contribution in [0, 0.1) is 23.7 Å². The number of nitrogens with zero attached hydrogens (tertiary/aromatic N) is 5. The lowest BCUT2D eigenvalue weighted by Crippen LogP contribution is -2.16. The first kappa shape index (κ1) is 17.9. The number of hydrogen-bond acceptors (Lipinski definition) is 6. The van der Waals surface area contributed by atoms with Crippen LogP contribution in [0.25, 0.3) is 10.9 Å². The molecule has 9 heteroatoms. The number of halogens is 1. The maximum absolute atomic E-state index is 12.7. The third-order valence-corrected chi connectivity index (χ3v) is 4.62. The first-order chi connectivity index (χ1) is 13.6. The Bertz CT molecular complexity index is 1110. The maximum atomic E-state index is 12.7. The number of fused-ring (bicyclic) bond motifs is 1. The zero-order valence-corrected chi connectivity index (χ0v) is 15.4. The summed E-state index contributed by atoms with van der Waals surface area (Å²) < 4.78 is 14.3. The summed E-state index contributed by atoms with van der Waals surface area (Å²) >= 11 is 0. The molecule has 142 valence electrons. The monoisotopic (exact) mass is 379 g/mol. The Labute approximate surface area is 160 Å². The van der Waals surface area contributed by atoms with Crippen molar-refractivity contribution in [2.45, 2.75) is 6.42 Å². The van der Waals surface area contributed by atoms with Gasteiger partial charge in [0.2, 0.25) is 5.91 Å². The number of aryl methyl sites for hydroxylation is 1. The van der Waals surface area contributed by atoms with Crippen LogP contribution in [0.1, 0.15) is 17.5 Å². The second-order valence-electron chi connectivity index (χ2n) is 6.66. The van der Waals surface area contributed by atoms with E-state index in [1.54, 1.807) is 30.2 Å². The first-order valence-corrected chi connectivity index (χ1v) is 8.80. The lowest BCUT2D eigenvalue weighted by atomic mass is 10.1. The number of aromatic nitrogens is 5. The molecule has 2 atom stereocenters. The highest BCUT2D eigenvalue weighted by molar-refractivity contribution is 5.97. The molecule has 3 aromatic rings. The third-order valence-electron chi connectivity index (χ3n) is 4.62. The highest BCUT2D eigenvalue weighted by atomic mass is 19.1. The van der Waals surface area contributed by atoms with Crippen LogP contribution < -0.4 is 10.6 Å². The fourth-order valence-electron chi connectivity index (χ4n) is 2.96. The predicted molar refractivity (Wildman–Crippen MR) is 102 cm³/mol. The molecule has 4 rings (SSSR count). The van der Waals surface area contributed by atoms with E-state index in [4.69, 9.17) is 0 Å². The zero-order valence-electron chi connectivity index (χ0n) is 15.4. The third kappa shape index (κ3) is 3.49. The normalized spacial score (nSPS) is 17.7. The predicted octanol–water partition coefficient (Wildman–Crippen LogP) is 1.74. The molecule has 0 spiro atoms. The van der Waals surface area contributed by atoms with Gasteiger partial charge in [0.25, 0.3) is 0 Å². The molecule has 1 aliphatic carbocycles. The average Bonchev–Trinajstić information content (AvgIpc) is 3.39. The van der Waals surface area contributed by atoms with Crippen molar-refractivity contribution < 1.29 is 9.18 Å². The second kappa shape index (κ2) is 7.23. The molecule has 1 aliphatic rings. The number of carbonyl (C=O) groups is 1. The van der Waals surface area contributed by atoms with E-state index in [1.807, 2.05) is 13.2 Å². The maximum Gasteiger partial charge on any atom is 0.229 e. The smallest absolute Gasteiger partial charge is 0.229 e. The Morgan fingerprint density at radius 3 is 2.89 bits per heavy atom. The van der Waals surface area contributed by atoms with Crippen molar-refractivity contribution in [3.8, 4) is 11.8 Å². The van der Waals surface area contributed by atoms with Crippen LogP contribution in [-0.2, 0) is 11.8 Å². The van der Waals surface area contributed by atoms with Crippen LogP contribution in [0.4, 0.5) is 16.0 Å². The number of amides is 1. The number of anilines is 2. The first-order valence-electron chi connectivity index (χ1n) is 8.80. The van der Waals surface area contributed by atoms with E-state index in [-0.39, 0.29) is 17.7 Å². The molecule has 1 saturated carbocycles. The van der Waals surface area contributed by atoms with Crippen molar-refractivity contribution in [1.82, 2.24) is 25.0 Å². The molecule has 0 aromatic carbocycles. The molecule has 2 N–H and O–H groups in total. The van der Waals surface area contributed by atoms with E-state index in [1.165, 1.54) is 0 Å². The average molecular weight is 379 g/mol. The lowest BCUT2D eigenvalue weighted by Gasteiger charge is -2.08. The van der Waals surface area contributed by atoms with Crippen molar-refractivity contribution in [2.24, 2.45) is 18.9 Å². The molecule has 3 heterocycles. The summed E-state index contributed by atoms with van der Waals surface area (Å²) in [7, 11) is 3.56. The Hall–Kier alpha value is -3.54. The molecule has 28 heavy (non-hydrogen) atoms. The minimum absolute atomic E-state index is 0.186. The number of nitrogens with one attached hydrogen (secondary N) is 2. The molecular weight excluding hydrogens is 361 g/mol. The standard InChI is InChI=1S/C19H18FN7O/c1-21-18-17-14(12(9-22-18)4-3-11-8-23-27(2)10-11)6-16(25-26-17)24-19(28)15-5-13(15)7-20/h6,8-10,13,15H,5,7H2,1-2H3,(H,21,22)(H,24,25,28)/t13-,15-/m1/s1. The minimum Gasteiger partial charge on any atom is -0.371 e. The summed E-state index contributed by atoms with van der Waals surface area (Å²) in [6.07, 6.45) is 5.70. The minimum atomic E-state index is -0.479. The number of alkyl halides is 1. The number of rotatable bonds is 4. The largest absolute Gasteiger partial charge is 0.371 e. The van der Waals surface area contributed by atoms with Gasteiger partial charge in [0, 0.05) is 37.8 Å². The van der Waals surface area contributed by atoms with Gasteiger partial charge < -0.3 is 10.6 Å². The van der Waals surface area contributed by atoms with Gasteiger partial charge in [-0.25, -0.2) is 4.98 Å².